The number of aliphatic carboxylic acids is 2. The van der Waals surface area contributed by atoms with E-state index in [2.05, 4.69) is 20.2 Å². The van der Waals surface area contributed by atoms with Crippen molar-refractivity contribution in [2.24, 2.45) is 17.8 Å². The van der Waals surface area contributed by atoms with Crippen LogP contribution in [-0.2, 0) is 20.9 Å². The van der Waals surface area contributed by atoms with Crippen molar-refractivity contribution in [3.63, 3.8) is 0 Å². The summed E-state index contributed by atoms with van der Waals surface area (Å²) in [6, 6.07) is 3.70. The highest BCUT2D eigenvalue weighted by Crippen LogP contribution is 2.53. The van der Waals surface area contributed by atoms with E-state index in [1.807, 2.05) is 23.7 Å². The number of likely N-dealkylation sites (tertiary alicyclic amines) is 1. The van der Waals surface area contributed by atoms with Crippen LogP contribution in [0.1, 0.15) is 11.4 Å². The van der Waals surface area contributed by atoms with Gasteiger partial charge in [0.05, 0.1) is 18.4 Å². The minimum atomic E-state index is -5.08. The van der Waals surface area contributed by atoms with Crippen molar-refractivity contribution in [2.75, 3.05) is 18.4 Å². The molecule has 0 bridgehead atoms. The number of carbonyl (C=O) groups excluding carboxylic acids is 1. The molecule has 0 radical (unpaired) electrons. The lowest BCUT2D eigenvalue weighted by Gasteiger charge is -2.17. The molecule has 1 saturated heterocycles. The molecule has 16 heteroatoms. The van der Waals surface area contributed by atoms with Gasteiger partial charge in [-0.3, -0.25) is 14.7 Å². The summed E-state index contributed by atoms with van der Waals surface area (Å²) in [5, 5.41) is 20.4. The predicted molar refractivity (Wildman–Crippen MR) is 113 cm³/mol. The Labute approximate surface area is 203 Å². The lowest BCUT2D eigenvalue weighted by molar-refractivity contribution is -0.193. The Morgan fingerprint density at radius 1 is 1.03 bits per heavy atom. The third-order valence-corrected chi connectivity index (χ3v) is 5.91. The van der Waals surface area contributed by atoms with E-state index in [0.29, 0.717) is 24.2 Å². The van der Waals surface area contributed by atoms with Gasteiger partial charge in [0.25, 0.3) is 0 Å². The summed E-state index contributed by atoms with van der Waals surface area (Å²) in [4.78, 5) is 40.7. The topological polar surface area (TPSA) is 133 Å². The van der Waals surface area contributed by atoms with Gasteiger partial charge in [0, 0.05) is 37.3 Å². The molecule has 1 aliphatic heterocycles. The van der Waals surface area contributed by atoms with E-state index in [4.69, 9.17) is 19.8 Å². The SMILES string of the molecule is O=C(CC1[C@H]2CN(Cc3nccs3)C[C@@H]12)Nc1cccnc1.O=C(O)C(F)(F)F.O=C(O)C(F)(F)F. The van der Waals surface area contributed by atoms with Gasteiger partial charge in [0.15, 0.2) is 0 Å². The first-order valence-corrected chi connectivity index (χ1v) is 11.0. The Morgan fingerprint density at radius 2 is 1.58 bits per heavy atom. The maximum Gasteiger partial charge on any atom is 0.490 e. The molecule has 2 aromatic rings. The highest BCUT2D eigenvalue weighted by molar-refractivity contribution is 7.09. The number of piperidine rings is 1. The molecule has 3 heterocycles. The maximum absolute atomic E-state index is 12.1. The molecule has 2 aromatic heterocycles. The number of pyridine rings is 1. The molecular formula is C20H20F6N4O5S. The van der Waals surface area contributed by atoms with Crippen LogP contribution in [0.15, 0.2) is 36.1 Å². The summed E-state index contributed by atoms with van der Waals surface area (Å²) in [7, 11) is 0. The number of thiazole rings is 1. The van der Waals surface area contributed by atoms with E-state index in [0.717, 1.165) is 25.3 Å². The summed E-state index contributed by atoms with van der Waals surface area (Å²) >= 11 is 1.72. The van der Waals surface area contributed by atoms with Crippen molar-refractivity contribution >= 4 is 34.9 Å². The summed E-state index contributed by atoms with van der Waals surface area (Å²) in [6.07, 6.45) is -4.28. The third kappa shape index (κ3) is 9.41. The fraction of sp³-hybridized carbons (Fsp3) is 0.450. The molecule has 9 nitrogen and oxygen atoms in total. The van der Waals surface area contributed by atoms with Crippen LogP contribution in [0.4, 0.5) is 32.0 Å². The van der Waals surface area contributed by atoms with Gasteiger partial charge in [-0.05, 0) is 29.9 Å². The Bertz CT molecular complexity index is 984. The Morgan fingerprint density at radius 3 is 2.00 bits per heavy atom. The maximum atomic E-state index is 12.1. The molecule has 1 saturated carbocycles. The lowest BCUT2D eigenvalue weighted by atomic mass is 10.2. The van der Waals surface area contributed by atoms with Gasteiger partial charge in [-0.1, -0.05) is 0 Å². The molecule has 3 N–H and O–H groups in total. The van der Waals surface area contributed by atoms with E-state index in [1.54, 1.807) is 23.7 Å². The lowest BCUT2D eigenvalue weighted by Crippen LogP contribution is -2.25. The number of amides is 1. The number of rotatable bonds is 5. The number of nitrogens with zero attached hydrogens (tertiary/aromatic N) is 3. The van der Waals surface area contributed by atoms with Gasteiger partial charge in [-0.25, -0.2) is 14.6 Å². The van der Waals surface area contributed by atoms with Crippen molar-refractivity contribution in [3.8, 4) is 0 Å². The van der Waals surface area contributed by atoms with Crippen LogP contribution in [0.5, 0.6) is 0 Å². The zero-order valence-electron chi connectivity index (χ0n) is 18.2. The second-order valence-corrected chi connectivity index (χ2v) is 8.69. The molecule has 3 atom stereocenters. The predicted octanol–water partition coefficient (Wildman–Crippen LogP) is 3.51. The Hall–Kier alpha value is -3.27. The number of alkyl halides is 6. The van der Waals surface area contributed by atoms with Crippen LogP contribution < -0.4 is 5.32 Å². The molecule has 2 fully saturated rings. The minimum absolute atomic E-state index is 0.110. The van der Waals surface area contributed by atoms with E-state index in [-0.39, 0.29) is 5.91 Å². The molecular weight excluding hydrogens is 522 g/mol. The summed E-state index contributed by atoms with van der Waals surface area (Å²) in [5.74, 6) is -3.46. The smallest absolute Gasteiger partial charge is 0.475 e. The number of anilines is 1. The first-order chi connectivity index (χ1) is 16.7. The standard InChI is InChI=1S/C16H18N4OS.2C2HF3O2/c21-15(19-11-2-1-3-17-7-11)6-12-13-8-20(9-14(12)13)10-16-18-4-5-22-16;2*3-2(4,5)1(6)7/h1-5,7,12-14H,6,8-10H2,(H,19,21);2*(H,6,7)/t12?,13-,14+;;. The Kier molecular flexibility index (Phi) is 9.75. The molecule has 1 unspecified atom stereocenters. The summed E-state index contributed by atoms with van der Waals surface area (Å²) in [6.45, 7) is 3.17. The zero-order chi connectivity index (χ0) is 27.1. The fourth-order valence-corrected chi connectivity index (χ4v) is 4.21. The number of nitrogens with one attached hydrogen (secondary N) is 1. The second-order valence-electron chi connectivity index (χ2n) is 7.71. The average molecular weight is 542 g/mol. The van der Waals surface area contributed by atoms with Gasteiger partial charge >= 0.3 is 24.3 Å². The van der Waals surface area contributed by atoms with Crippen molar-refractivity contribution in [1.29, 1.82) is 0 Å². The molecule has 198 valence electrons. The van der Waals surface area contributed by atoms with Crippen molar-refractivity contribution in [1.82, 2.24) is 14.9 Å². The second kappa shape index (κ2) is 12.1. The largest absolute Gasteiger partial charge is 0.490 e. The third-order valence-electron chi connectivity index (χ3n) is 5.14. The van der Waals surface area contributed by atoms with Crippen LogP contribution in [0.25, 0.3) is 0 Å². The normalized spacial score (nSPS) is 20.7. The fourth-order valence-electron chi connectivity index (χ4n) is 3.55. The van der Waals surface area contributed by atoms with Crippen LogP contribution in [0.3, 0.4) is 0 Å². The highest BCUT2D eigenvalue weighted by atomic mass is 32.1. The van der Waals surface area contributed by atoms with Gasteiger partial charge in [-0.2, -0.15) is 26.3 Å². The number of fused-ring (bicyclic) bond motifs is 1. The Balaban J connectivity index is 0.000000271. The van der Waals surface area contributed by atoms with Gasteiger partial charge in [0.1, 0.15) is 5.01 Å². The molecule has 1 aliphatic carbocycles. The van der Waals surface area contributed by atoms with E-state index >= 15 is 0 Å². The summed E-state index contributed by atoms with van der Waals surface area (Å²) < 4.78 is 63.5. The number of hydrogen-bond donors (Lipinski definition) is 3. The first kappa shape index (κ1) is 29.0. The van der Waals surface area contributed by atoms with Crippen molar-refractivity contribution < 1.29 is 50.9 Å². The molecule has 1 amide bonds. The van der Waals surface area contributed by atoms with E-state index in [9.17, 15) is 31.1 Å². The average Bonchev–Trinajstić information content (AvgIpc) is 3.15. The molecule has 36 heavy (non-hydrogen) atoms. The molecule has 0 aromatic carbocycles. The number of hydrogen-bond acceptors (Lipinski definition) is 7. The first-order valence-electron chi connectivity index (χ1n) is 10.1. The van der Waals surface area contributed by atoms with Crippen molar-refractivity contribution in [2.45, 2.75) is 25.3 Å². The minimum Gasteiger partial charge on any atom is -0.475 e. The number of carboxylic acids is 2. The van der Waals surface area contributed by atoms with Gasteiger partial charge in [0.2, 0.25) is 5.91 Å². The number of carbonyl (C=O) groups is 3. The van der Waals surface area contributed by atoms with Crippen LogP contribution in [0, 0.1) is 17.8 Å². The quantitative estimate of drug-likeness (QED) is 0.489. The highest BCUT2D eigenvalue weighted by Gasteiger charge is 2.55. The van der Waals surface area contributed by atoms with Crippen molar-refractivity contribution in [3.05, 3.63) is 41.1 Å². The molecule has 0 spiro atoms. The van der Waals surface area contributed by atoms with Gasteiger partial charge in [-0.15, -0.1) is 11.3 Å². The van der Waals surface area contributed by atoms with Crippen LogP contribution in [0.2, 0.25) is 0 Å². The number of halogens is 6. The van der Waals surface area contributed by atoms with Crippen LogP contribution in [-0.4, -0.2) is 68.4 Å². The zero-order valence-corrected chi connectivity index (χ0v) is 19.0. The number of carboxylic acid groups (broad SMARTS) is 2. The van der Waals surface area contributed by atoms with Gasteiger partial charge < -0.3 is 15.5 Å². The summed E-state index contributed by atoms with van der Waals surface area (Å²) in [5.41, 5.74) is 0.781. The number of aromatic nitrogens is 2. The monoisotopic (exact) mass is 542 g/mol. The van der Waals surface area contributed by atoms with E-state index < -0.39 is 24.3 Å². The molecule has 2 aliphatic rings. The molecule has 4 rings (SSSR count). The van der Waals surface area contributed by atoms with Crippen LogP contribution >= 0.6 is 11.3 Å². The van der Waals surface area contributed by atoms with E-state index in [1.165, 1.54) is 5.01 Å².